The second-order valence-corrected chi connectivity index (χ2v) is 4.32. The van der Waals surface area contributed by atoms with E-state index in [0.717, 1.165) is 18.2 Å². The maximum atomic E-state index is 13.4. The van der Waals surface area contributed by atoms with Crippen molar-refractivity contribution in [2.24, 2.45) is 0 Å². The minimum Gasteiger partial charge on any atom is -0.294 e. The average Bonchev–Trinajstić information content (AvgIpc) is 2.32. The zero-order valence-electron chi connectivity index (χ0n) is 10.2. The van der Waals surface area contributed by atoms with Crippen molar-refractivity contribution in [1.29, 1.82) is 0 Å². The summed E-state index contributed by atoms with van der Waals surface area (Å²) in [6, 6.07) is 7.23. The van der Waals surface area contributed by atoms with E-state index >= 15 is 0 Å². The van der Waals surface area contributed by atoms with E-state index in [1.54, 1.807) is 6.92 Å². The van der Waals surface area contributed by atoms with Gasteiger partial charge in [-0.3, -0.25) is 4.79 Å². The molecule has 19 heavy (non-hydrogen) atoms. The minimum absolute atomic E-state index is 0.111. The van der Waals surface area contributed by atoms with Crippen LogP contribution in [-0.4, -0.2) is 5.78 Å². The Morgan fingerprint density at radius 1 is 1.05 bits per heavy atom. The standard InChI is InChI=1S/C15H11F3O/c1-9-5-10(7-11(16)6-9)15(19)8-12-13(17)3-2-4-14(12)18/h2-7H,8H2,1H3. The Hall–Kier alpha value is -2.10. The summed E-state index contributed by atoms with van der Waals surface area (Å²) < 4.78 is 40.0. The third kappa shape index (κ3) is 3.02. The van der Waals surface area contributed by atoms with Crippen LogP contribution in [0.25, 0.3) is 0 Å². The molecule has 0 unspecified atom stereocenters. The predicted octanol–water partition coefficient (Wildman–Crippen LogP) is 3.84. The molecule has 0 N–H and O–H groups in total. The quantitative estimate of drug-likeness (QED) is 0.770. The van der Waals surface area contributed by atoms with Gasteiger partial charge in [-0.25, -0.2) is 13.2 Å². The summed E-state index contributed by atoms with van der Waals surface area (Å²) in [5.74, 6) is -2.62. The van der Waals surface area contributed by atoms with Crippen molar-refractivity contribution in [3.05, 3.63) is 70.5 Å². The van der Waals surface area contributed by atoms with Crippen molar-refractivity contribution in [1.82, 2.24) is 0 Å². The Kier molecular flexibility index (Phi) is 3.69. The second-order valence-electron chi connectivity index (χ2n) is 4.32. The number of carbonyl (C=O) groups is 1. The Morgan fingerprint density at radius 2 is 1.68 bits per heavy atom. The van der Waals surface area contributed by atoms with Crippen LogP contribution in [0.5, 0.6) is 0 Å². The number of hydrogen-bond acceptors (Lipinski definition) is 1. The molecule has 0 atom stereocenters. The first-order valence-corrected chi connectivity index (χ1v) is 5.70. The van der Waals surface area contributed by atoms with Crippen LogP contribution in [0.2, 0.25) is 0 Å². The van der Waals surface area contributed by atoms with Crippen LogP contribution in [0.15, 0.2) is 36.4 Å². The van der Waals surface area contributed by atoms with E-state index in [1.165, 1.54) is 18.2 Å². The molecule has 0 heterocycles. The van der Waals surface area contributed by atoms with Gasteiger partial charge in [0.05, 0.1) is 0 Å². The van der Waals surface area contributed by atoms with Crippen molar-refractivity contribution in [3.63, 3.8) is 0 Å². The number of halogens is 3. The lowest BCUT2D eigenvalue weighted by Crippen LogP contribution is -2.08. The fraction of sp³-hybridized carbons (Fsp3) is 0.133. The maximum absolute atomic E-state index is 13.4. The summed E-state index contributed by atoms with van der Waals surface area (Å²) in [5.41, 5.74) is 0.395. The van der Waals surface area contributed by atoms with E-state index < -0.39 is 29.7 Å². The van der Waals surface area contributed by atoms with Crippen LogP contribution in [0, 0.1) is 24.4 Å². The van der Waals surface area contributed by atoms with Gasteiger partial charge in [-0.1, -0.05) is 6.07 Å². The minimum atomic E-state index is -0.776. The van der Waals surface area contributed by atoms with Gasteiger partial charge < -0.3 is 0 Å². The lowest BCUT2D eigenvalue weighted by Gasteiger charge is -2.05. The second kappa shape index (κ2) is 5.26. The molecule has 2 aromatic carbocycles. The molecule has 0 aliphatic carbocycles. The van der Waals surface area contributed by atoms with Crippen molar-refractivity contribution in [2.75, 3.05) is 0 Å². The zero-order chi connectivity index (χ0) is 14.0. The lowest BCUT2D eigenvalue weighted by atomic mass is 10.0. The molecule has 0 aliphatic heterocycles. The highest BCUT2D eigenvalue weighted by molar-refractivity contribution is 5.97. The summed E-state index contributed by atoms with van der Waals surface area (Å²) in [4.78, 5) is 11.9. The van der Waals surface area contributed by atoms with Gasteiger partial charge in [-0.2, -0.15) is 0 Å². The fourth-order valence-corrected chi connectivity index (χ4v) is 1.86. The van der Waals surface area contributed by atoms with Crippen LogP contribution in [0.3, 0.4) is 0 Å². The van der Waals surface area contributed by atoms with E-state index in [9.17, 15) is 18.0 Å². The van der Waals surface area contributed by atoms with Crippen molar-refractivity contribution < 1.29 is 18.0 Å². The van der Waals surface area contributed by atoms with Crippen LogP contribution < -0.4 is 0 Å². The van der Waals surface area contributed by atoms with E-state index in [1.807, 2.05) is 0 Å². The number of carbonyl (C=O) groups excluding carboxylic acids is 1. The van der Waals surface area contributed by atoms with Gasteiger partial charge in [0.2, 0.25) is 0 Å². The summed E-state index contributed by atoms with van der Waals surface area (Å²) >= 11 is 0. The largest absolute Gasteiger partial charge is 0.294 e. The molecule has 2 aromatic rings. The normalized spacial score (nSPS) is 10.5. The highest BCUT2D eigenvalue weighted by Crippen LogP contribution is 2.16. The van der Waals surface area contributed by atoms with Gasteiger partial charge in [0.1, 0.15) is 17.5 Å². The first-order valence-electron chi connectivity index (χ1n) is 5.70. The lowest BCUT2D eigenvalue weighted by molar-refractivity contribution is 0.0990. The van der Waals surface area contributed by atoms with E-state index in [2.05, 4.69) is 0 Å². The van der Waals surface area contributed by atoms with Crippen molar-refractivity contribution in [3.8, 4) is 0 Å². The summed E-state index contributed by atoms with van der Waals surface area (Å²) in [7, 11) is 0. The van der Waals surface area contributed by atoms with Crippen LogP contribution in [0.4, 0.5) is 13.2 Å². The molecule has 0 spiro atoms. The molecule has 4 heteroatoms. The smallest absolute Gasteiger partial charge is 0.167 e. The van der Waals surface area contributed by atoms with Gasteiger partial charge in [0.25, 0.3) is 0 Å². The van der Waals surface area contributed by atoms with Crippen LogP contribution >= 0.6 is 0 Å². The number of benzene rings is 2. The first-order chi connectivity index (χ1) is 8.97. The summed E-state index contributed by atoms with van der Waals surface area (Å²) in [6.45, 7) is 1.64. The van der Waals surface area contributed by atoms with Gasteiger partial charge in [0.15, 0.2) is 5.78 Å². The number of Topliss-reactive ketones (excluding diaryl/α,β-unsaturated/α-hetero) is 1. The molecule has 0 bridgehead atoms. The van der Waals surface area contributed by atoms with Crippen molar-refractivity contribution >= 4 is 5.78 Å². The number of aryl methyl sites for hydroxylation is 1. The van der Waals surface area contributed by atoms with Crippen LogP contribution in [-0.2, 0) is 6.42 Å². The fourth-order valence-electron chi connectivity index (χ4n) is 1.86. The van der Waals surface area contributed by atoms with E-state index in [-0.39, 0.29) is 11.1 Å². The Morgan fingerprint density at radius 3 is 2.26 bits per heavy atom. The van der Waals surface area contributed by atoms with Crippen molar-refractivity contribution in [2.45, 2.75) is 13.3 Å². The van der Waals surface area contributed by atoms with Crippen LogP contribution in [0.1, 0.15) is 21.5 Å². The summed E-state index contributed by atoms with van der Waals surface area (Å²) in [5, 5.41) is 0. The molecule has 1 nitrogen and oxygen atoms in total. The highest BCUT2D eigenvalue weighted by Gasteiger charge is 2.15. The van der Waals surface area contributed by atoms with E-state index in [4.69, 9.17) is 0 Å². The van der Waals surface area contributed by atoms with Gasteiger partial charge in [-0.05, 0) is 42.8 Å². The number of rotatable bonds is 3. The topological polar surface area (TPSA) is 17.1 Å². The molecule has 0 fully saturated rings. The predicted molar refractivity (Wildman–Crippen MR) is 65.5 cm³/mol. The van der Waals surface area contributed by atoms with E-state index in [0.29, 0.717) is 5.56 Å². The molecule has 0 aliphatic rings. The Bertz CT molecular complexity index is 595. The molecule has 2 rings (SSSR count). The average molecular weight is 264 g/mol. The molecule has 0 aromatic heterocycles. The highest BCUT2D eigenvalue weighted by atomic mass is 19.1. The monoisotopic (exact) mass is 264 g/mol. The Balaban J connectivity index is 2.31. The third-order valence-electron chi connectivity index (χ3n) is 2.76. The van der Waals surface area contributed by atoms with Gasteiger partial charge in [-0.15, -0.1) is 0 Å². The molecule has 0 amide bonds. The van der Waals surface area contributed by atoms with Gasteiger partial charge >= 0.3 is 0 Å². The molecule has 98 valence electrons. The summed E-state index contributed by atoms with van der Waals surface area (Å²) in [6.07, 6.45) is -0.429. The third-order valence-corrected chi connectivity index (χ3v) is 2.76. The molecular weight excluding hydrogens is 253 g/mol. The SMILES string of the molecule is Cc1cc(F)cc(C(=O)Cc2c(F)cccc2F)c1. The first kappa shape index (κ1) is 13.3. The Labute approximate surface area is 108 Å². The molecular formula is C15H11F3O. The number of hydrogen-bond donors (Lipinski definition) is 0. The number of ketones is 1. The molecule has 0 radical (unpaired) electrons. The maximum Gasteiger partial charge on any atom is 0.167 e. The zero-order valence-corrected chi connectivity index (χ0v) is 10.2. The molecule has 0 saturated carbocycles. The van der Waals surface area contributed by atoms with Gasteiger partial charge in [0, 0.05) is 17.5 Å². The molecule has 0 saturated heterocycles.